The van der Waals surface area contributed by atoms with Crippen molar-refractivity contribution in [2.24, 2.45) is 0 Å². The summed E-state index contributed by atoms with van der Waals surface area (Å²) in [5, 5.41) is 13.9. The van der Waals surface area contributed by atoms with Crippen LogP contribution in [-0.4, -0.2) is 68.5 Å². The lowest BCUT2D eigenvalue weighted by molar-refractivity contribution is -0.870. The maximum Gasteiger partial charge on any atom is 0.268 e. The third-order valence-electron chi connectivity index (χ3n) is 14.5. The van der Waals surface area contributed by atoms with Crippen LogP contribution >= 0.6 is 7.82 Å². The number of hydrogen-bond acceptors (Lipinski definition) is 6. The number of carbonyl (C=O) groups excluding carboxylic acids is 1. The molecule has 0 aromatic carbocycles. The van der Waals surface area contributed by atoms with Gasteiger partial charge >= 0.3 is 0 Å². The second kappa shape index (κ2) is 56.2. The number of amides is 1. The Hall–Kier alpha value is -1.54. The van der Waals surface area contributed by atoms with Gasteiger partial charge in [0, 0.05) is 6.42 Å². The molecule has 3 unspecified atom stereocenters. The smallest absolute Gasteiger partial charge is 0.268 e. The monoisotopic (exact) mass is 1060 g/mol. The van der Waals surface area contributed by atoms with Gasteiger partial charge in [-0.3, -0.25) is 9.36 Å². The van der Waals surface area contributed by atoms with Crippen LogP contribution in [0.15, 0.2) is 48.6 Å². The summed E-state index contributed by atoms with van der Waals surface area (Å²) in [5.41, 5.74) is 0. The fraction of sp³-hybridized carbons (Fsp3) is 0.862. The topological polar surface area (TPSA) is 108 Å². The maximum atomic E-state index is 13.0. The summed E-state index contributed by atoms with van der Waals surface area (Å²) < 4.78 is 23.4. The molecule has 9 heteroatoms. The van der Waals surface area contributed by atoms with Gasteiger partial charge in [-0.2, -0.15) is 0 Å². The lowest BCUT2D eigenvalue weighted by Crippen LogP contribution is -2.45. The number of carbonyl (C=O) groups is 1. The summed E-state index contributed by atoms with van der Waals surface area (Å²) in [6.45, 7) is 4.67. The minimum atomic E-state index is -4.61. The minimum Gasteiger partial charge on any atom is -0.756 e. The summed E-state index contributed by atoms with van der Waals surface area (Å²) in [6, 6.07) is -0.906. The Morgan fingerprint density at radius 2 is 0.797 bits per heavy atom. The van der Waals surface area contributed by atoms with Gasteiger partial charge in [0.1, 0.15) is 13.2 Å². The van der Waals surface area contributed by atoms with E-state index in [-0.39, 0.29) is 12.5 Å². The zero-order valence-corrected chi connectivity index (χ0v) is 50.7. The van der Waals surface area contributed by atoms with E-state index in [4.69, 9.17) is 9.05 Å². The number of phosphoric ester groups is 1. The Morgan fingerprint density at radius 3 is 1.18 bits per heavy atom. The molecular weight excluding hydrogens is 936 g/mol. The largest absolute Gasteiger partial charge is 0.756 e. The summed E-state index contributed by atoms with van der Waals surface area (Å²) in [7, 11) is 1.25. The van der Waals surface area contributed by atoms with Gasteiger partial charge in [0.2, 0.25) is 5.91 Å². The molecule has 0 spiro atoms. The van der Waals surface area contributed by atoms with E-state index >= 15 is 0 Å². The van der Waals surface area contributed by atoms with E-state index in [9.17, 15) is 19.4 Å². The number of nitrogens with one attached hydrogen (secondary N) is 1. The number of aliphatic hydroxyl groups excluding tert-OH is 1. The van der Waals surface area contributed by atoms with Crippen LogP contribution in [0.25, 0.3) is 0 Å². The Labute approximate surface area is 460 Å². The molecule has 0 saturated carbocycles. The number of rotatable bonds is 59. The molecule has 3 atom stereocenters. The fourth-order valence-electron chi connectivity index (χ4n) is 9.50. The van der Waals surface area contributed by atoms with Crippen LogP contribution in [0.4, 0.5) is 0 Å². The molecule has 2 N–H and O–H groups in total. The van der Waals surface area contributed by atoms with E-state index in [1.807, 2.05) is 27.2 Å². The summed E-state index contributed by atoms with van der Waals surface area (Å²) in [5.74, 6) is -0.205. The van der Waals surface area contributed by atoms with Crippen LogP contribution < -0.4 is 10.2 Å². The maximum absolute atomic E-state index is 13.0. The molecule has 74 heavy (non-hydrogen) atoms. The van der Waals surface area contributed by atoms with Crippen LogP contribution in [0.3, 0.4) is 0 Å². The highest BCUT2D eigenvalue weighted by atomic mass is 31.2. The highest BCUT2D eigenvalue weighted by molar-refractivity contribution is 7.45. The number of allylic oxidation sites excluding steroid dienone is 7. The SMILES string of the molecule is CCCCCCCCCCC/C=C\C/C=C\CCCCCCCCCCCCCCCC(=O)NC(COP(=O)([O-])OCC[N+](C)(C)C)C(O)/C=C/CC/C=C/CCCCCCCCCCCCCCCCCCC. The molecule has 0 radical (unpaired) electrons. The van der Waals surface area contributed by atoms with Gasteiger partial charge in [0.05, 0.1) is 39.9 Å². The van der Waals surface area contributed by atoms with Crippen molar-refractivity contribution in [1.29, 1.82) is 0 Å². The van der Waals surface area contributed by atoms with Gasteiger partial charge in [-0.05, 0) is 64.2 Å². The molecule has 0 aliphatic heterocycles. The number of aliphatic hydroxyl groups is 1. The molecule has 0 aliphatic rings. The highest BCUT2D eigenvalue weighted by Crippen LogP contribution is 2.38. The molecule has 1 amide bonds. The van der Waals surface area contributed by atoms with Gasteiger partial charge in [-0.1, -0.05) is 287 Å². The predicted octanol–water partition coefficient (Wildman–Crippen LogP) is 19.2. The van der Waals surface area contributed by atoms with Crippen molar-refractivity contribution in [2.45, 2.75) is 321 Å². The summed E-state index contributed by atoms with van der Waals surface area (Å²) in [6.07, 6.45) is 75.0. The molecule has 0 aromatic heterocycles. The zero-order valence-electron chi connectivity index (χ0n) is 49.8. The van der Waals surface area contributed by atoms with Crippen LogP contribution in [0, 0.1) is 0 Å². The molecule has 0 aliphatic carbocycles. The first kappa shape index (κ1) is 72.5. The van der Waals surface area contributed by atoms with Crippen molar-refractivity contribution in [3.8, 4) is 0 Å². The lowest BCUT2D eigenvalue weighted by atomic mass is 10.0. The molecule has 0 rings (SSSR count). The summed E-state index contributed by atoms with van der Waals surface area (Å²) in [4.78, 5) is 25.6. The van der Waals surface area contributed by atoms with E-state index in [0.29, 0.717) is 17.4 Å². The van der Waals surface area contributed by atoms with E-state index in [2.05, 4.69) is 55.6 Å². The summed E-state index contributed by atoms with van der Waals surface area (Å²) >= 11 is 0. The van der Waals surface area contributed by atoms with Crippen molar-refractivity contribution < 1.29 is 32.9 Å². The minimum absolute atomic E-state index is 0.00651. The Morgan fingerprint density at radius 1 is 0.473 bits per heavy atom. The molecule has 8 nitrogen and oxygen atoms in total. The van der Waals surface area contributed by atoms with Crippen LogP contribution in [-0.2, 0) is 18.4 Å². The van der Waals surface area contributed by atoms with E-state index < -0.39 is 26.6 Å². The standard InChI is InChI=1S/C65H125N2O6P/c1-6-8-10-12-14-16-18-20-22-24-26-28-30-31-32-33-34-35-37-39-41-43-45-47-49-51-53-55-57-59-65(69)66-63(62-73-74(70,71)72-61-60-67(3,4)5)64(68)58-56-54-52-50-48-46-44-42-40-38-36-29-27-25-23-21-19-17-15-13-11-9-7-2/h26,28,31-32,48,50,56,58,63-64,68H,6-25,27,29-30,33-47,49,51-55,57,59-62H2,1-5H3,(H-,66,69,70,71)/b28-26-,32-31-,50-48+,58-56+. The van der Waals surface area contributed by atoms with Crippen LogP contribution in [0.2, 0.25) is 0 Å². The van der Waals surface area contributed by atoms with Crippen molar-refractivity contribution in [2.75, 3.05) is 40.9 Å². The van der Waals surface area contributed by atoms with E-state index in [1.54, 1.807) is 6.08 Å². The van der Waals surface area contributed by atoms with Crippen molar-refractivity contribution in [1.82, 2.24) is 5.32 Å². The average Bonchev–Trinajstić information content (AvgIpc) is 3.36. The van der Waals surface area contributed by atoms with Gasteiger partial charge in [-0.15, -0.1) is 0 Å². The normalized spacial score (nSPS) is 14.1. The number of phosphoric acid groups is 1. The second-order valence-electron chi connectivity index (χ2n) is 23.1. The molecule has 0 saturated heterocycles. The molecule has 0 aromatic rings. The predicted molar refractivity (Wildman–Crippen MR) is 321 cm³/mol. The number of likely N-dealkylation sites (N-methyl/N-ethyl adjacent to an activating group) is 1. The Balaban J connectivity index is 4.16. The first-order valence-electron chi connectivity index (χ1n) is 32.0. The quantitative estimate of drug-likeness (QED) is 0.0272. The Kier molecular flexibility index (Phi) is 55.0. The highest BCUT2D eigenvalue weighted by Gasteiger charge is 2.23. The van der Waals surface area contributed by atoms with Gasteiger partial charge in [0.25, 0.3) is 7.82 Å². The molecule has 0 fully saturated rings. The van der Waals surface area contributed by atoms with Gasteiger partial charge < -0.3 is 28.8 Å². The molecule has 0 bridgehead atoms. The number of hydrogen-bond donors (Lipinski definition) is 2. The van der Waals surface area contributed by atoms with Crippen molar-refractivity contribution in [3.05, 3.63) is 48.6 Å². The zero-order chi connectivity index (χ0) is 54.2. The van der Waals surface area contributed by atoms with Gasteiger partial charge in [-0.25, -0.2) is 0 Å². The fourth-order valence-corrected chi connectivity index (χ4v) is 10.2. The van der Waals surface area contributed by atoms with Crippen molar-refractivity contribution in [3.63, 3.8) is 0 Å². The van der Waals surface area contributed by atoms with E-state index in [1.165, 1.54) is 244 Å². The van der Waals surface area contributed by atoms with Crippen LogP contribution in [0.5, 0.6) is 0 Å². The first-order chi connectivity index (χ1) is 36.0. The number of unbranched alkanes of at least 4 members (excludes halogenated alkanes) is 40. The lowest BCUT2D eigenvalue weighted by Gasteiger charge is -2.29. The first-order valence-corrected chi connectivity index (χ1v) is 33.5. The average molecular weight is 1060 g/mol. The third-order valence-corrected chi connectivity index (χ3v) is 15.5. The second-order valence-corrected chi connectivity index (χ2v) is 24.5. The van der Waals surface area contributed by atoms with Crippen molar-refractivity contribution >= 4 is 13.7 Å². The molecular formula is C65H125N2O6P. The van der Waals surface area contributed by atoms with E-state index in [0.717, 1.165) is 44.9 Å². The third kappa shape index (κ3) is 58.1. The molecule has 436 valence electrons. The Bertz CT molecular complexity index is 1340. The number of quaternary nitrogens is 1. The van der Waals surface area contributed by atoms with Gasteiger partial charge in [0.15, 0.2) is 0 Å². The van der Waals surface area contributed by atoms with Crippen LogP contribution in [0.1, 0.15) is 309 Å². The molecule has 0 heterocycles. The number of nitrogens with zero attached hydrogens (tertiary/aromatic N) is 1.